The molecule has 2 rings (SSSR count). The van der Waals surface area contributed by atoms with Gasteiger partial charge in [0.1, 0.15) is 0 Å². The van der Waals surface area contributed by atoms with E-state index in [9.17, 15) is 9.59 Å². The van der Waals surface area contributed by atoms with Crippen LogP contribution in [0, 0.1) is 18.3 Å². The van der Waals surface area contributed by atoms with Crippen molar-refractivity contribution in [1.29, 1.82) is 5.26 Å². The Balaban J connectivity index is 2.08. The van der Waals surface area contributed by atoms with Gasteiger partial charge in [0, 0.05) is 5.69 Å². The Morgan fingerprint density at radius 3 is 2.31 bits per heavy atom. The van der Waals surface area contributed by atoms with Crippen LogP contribution in [0.4, 0.5) is 5.69 Å². The highest BCUT2D eigenvalue weighted by molar-refractivity contribution is 5.98. The van der Waals surface area contributed by atoms with E-state index in [1.807, 2.05) is 31.2 Å². The standard InChI is InChI=1S/C21H22N2O3/c1-13(2)18-7-5-6-14(3)19(18)23-20(24)15(4)26-21(25)17-10-8-16(12-22)9-11-17/h5-11,13,15H,1-4H3,(H,23,24)/t15-/m0/s1. The Morgan fingerprint density at radius 2 is 1.73 bits per heavy atom. The first-order valence-electron chi connectivity index (χ1n) is 8.45. The summed E-state index contributed by atoms with van der Waals surface area (Å²) in [7, 11) is 0. The number of hydrogen-bond donors (Lipinski definition) is 1. The van der Waals surface area contributed by atoms with Crippen LogP contribution in [0.3, 0.4) is 0 Å². The molecule has 134 valence electrons. The van der Waals surface area contributed by atoms with Crippen LogP contribution in [0.2, 0.25) is 0 Å². The molecule has 1 N–H and O–H groups in total. The molecule has 5 nitrogen and oxygen atoms in total. The number of aryl methyl sites for hydroxylation is 1. The minimum absolute atomic E-state index is 0.252. The number of carbonyl (C=O) groups excluding carboxylic acids is 2. The first kappa shape index (κ1) is 19.2. The monoisotopic (exact) mass is 350 g/mol. The zero-order valence-electron chi connectivity index (χ0n) is 15.4. The lowest BCUT2D eigenvalue weighted by Gasteiger charge is -2.19. The molecule has 0 aromatic heterocycles. The van der Waals surface area contributed by atoms with E-state index >= 15 is 0 Å². The number of nitrogens with zero attached hydrogens (tertiary/aromatic N) is 1. The Labute approximate surface area is 153 Å². The molecule has 0 aliphatic rings. The van der Waals surface area contributed by atoms with Gasteiger partial charge in [0.15, 0.2) is 6.10 Å². The maximum Gasteiger partial charge on any atom is 0.338 e. The van der Waals surface area contributed by atoms with Crippen LogP contribution < -0.4 is 5.32 Å². The van der Waals surface area contributed by atoms with Gasteiger partial charge in [0.05, 0.1) is 17.2 Å². The molecular weight excluding hydrogens is 328 g/mol. The number of benzene rings is 2. The third-order valence-corrected chi connectivity index (χ3v) is 4.08. The second-order valence-electron chi connectivity index (χ2n) is 6.42. The van der Waals surface area contributed by atoms with Crippen LogP contribution >= 0.6 is 0 Å². The molecule has 1 atom stereocenters. The van der Waals surface area contributed by atoms with Crippen molar-refractivity contribution in [3.05, 3.63) is 64.7 Å². The first-order valence-corrected chi connectivity index (χ1v) is 8.45. The van der Waals surface area contributed by atoms with E-state index in [0.717, 1.165) is 16.8 Å². The van der Waals surface area contributed by atoms with Gasteiger partial charge >= 0.3 is 5.97 Å². The predicted octanol–water partition coefficient (Wildman–Crippen LogP) is 4.17. The maximum absolute atomic E-state index is 12.5. The first-order chi connectivity index (χ1) is 12.3. The Kier molecular flexibility index (Phi) is 6.13. The number of nitriles is 1. The summed E-state index contributed by atoms with van der Waals surface area (Å²) in [4.78, 5) is 24.6. The highest BCUT2D eigenvalue weighted by Gasteiger charge is 2.21. The van der Waals surface area contributed by atoms with Crippen LogP contribution in [0.15, 0.2) is 42.5 Å². The van der Waals surface area contributed by atoms with Crippen LogP contribution in [0.5, 0.6) is 0 Å². The molecule has 2 aromatic rings. The number of carbonyl (C=O) groups is 2. The highest BCUT2D eigenvalue weighted by Crippen LogP contribution is 2.27. The zero-order valence-corrected chi connectivity index (χ0v) is 15.4. The smallest absolute Gasteiger partial charge is 0.338 e. The molecule has 0 saturated heterocycles. The molecule has 26 heavy (non-hydrogen) atoms. The summed E-state index contributed by atoms with van der Waals surface area (Å²) in [6.45, 7) is 7.57. The van der Waals surface area contributed by atoms with Crippen molar-refractivity contribution in [2.75, 3.05) is 5.32 Å². The van der Waals surface area contributed by atoms with E-state index in [1.54, 1.807) is 0 Å². The fourth-order valence-electron chi connectivity index (χ4n) is 2.53. The van der Waals surface area contributed by atoms with Crippen LogP contribution in [0.1, 0.15) is 53.7 Å². The molecule has 1 amide bonds. The summed E-state index contributed by atoms with van der Waals surface area (Å²) in [5.74, 6) is -0.740. The number of para-hydroxylation sites is 1. The van der Waals surface area contributed by atoms with Crippen molar-refractivity contribution in [1.82, 2.24) is 0 Å². The van der Waals surface area contributed by atoms with Crippen molar-refractivity contribution in [2.24, 2.45) is 0 Å². The van der Waals surface area contributed by atoms with Crippen LogP contribution in [-0.2, 0) is 9.53 Å². The predicted molar refractivity (Wildman–Crippen MR) is 99.9 cm³/mol. The SMILES string of the molecule is Cc1cccc(C(C)C)c1NC(=O)[C@H](C)OC(=O)c1ccc(C#N)cc1. The number of ether oxygens (including phenoxy) is 1. The molecule has 5 heteroatoms. The van der Waals surface area contributed by atoms with E-state index < -0.39 is 12.1 Å². The van der Waals surface area contributed by atoms with Gasteiger partial charge in [0.2, 0.25) is 0 Å². The average Bonchev–Trinajstić information content (AvgIpc) is 2.62. The van der Waals surface area contributed by atoms with E-state index in [1.165, 1.54) is 31.2 Å². The van der Waals surface area contributed by atoms with Crippen molar-refractivity contribution in [3.8, 4) is 6.07 Å². The molecule has 0 heterocycles. The van der Waals surface area contributed by atoms with Gasteiger partial charge in [0.25, 0.3) is 5.91 Å². The molecule has 0 bridgehead atoms. The molecule has 0 unspecified atom stereocenters. The molecule has 0 aliphatic heterocycles. The van der Waals surface area contributed by atoms with E-state index in [2.05, 4.69) is 19.2 Å². The molecular formula is C21H22N2O3. The van der Waals surface area contributed by atoms with Gasteiger partial charge < -0.3 is 10.1 Å². The average molecular weight is 350 g/mol. The van der Waals surface area contributed by atoms with Crippen molar-refractivity contribution >= 4 is 17.6 Å². The highest BCUT2D eigenvalue weighted by atomic mass is 16.5. The van der Waals surface area contributed by atoms with Gasteiger partial charge in [-0.1, -0.05) is 32.0 Å². The number of anilines is 1. The zero-order chi connectivity index (χ0) is 19.3. The van der Waals surface area contributed by atoms with E-state index in [0.29, 0.717) is 11.1 Å². The maximum atomic E-state index is 12.5. The number of amides is 1. The number of esters is 1. The number of nitrogens with one attached hydrogen (secondary N) is 1. The normalized spacial score (nSPS) is 11.5. The molecule has 0 radical (unpaired) electrons. The second kappa shape index (κ2) is 8.30. The van der Waals surface area contributed by atoms with Gasteiger partial charge in [-0.2, -0.15) is 5.26 Å². The Bertz CT molecular complexity index is 849. The molecule has 2 aromatic carbocycles. The second-order valence-corrected chi connectivity index (χ2v) is 6.42. The van der Waals surface area contributed by atoms with Crippen molar-refractivity contribution < 1.29 is 14.3 Å². The van der Waals surface area contributed by atoms with Crippen molar-refractivity contribution in [3.63, 3.8) is 0 Å². The van der Waals surface area contributed by atoms with Gasteiger partial charge in [-0.05, 0) is 55.2 Å². The largest absolute Gasteiger partial charge is 0.449 e. The minimum atomic E-state index is -0.947. The molecule has 0 aliphatic carbocycles. The fourth-order valence-corrected chi connectivity index (χ4v) is 2.53. The van der Waals surface area contributed by atoms with E-state index in [-0.39, 0.29) is 11.8 Å². The lowest BCUT2D eigenvalue weighted by Crippen LogP contribution is -2.30. The summed E-state index contributed by atoms with van der Waals surface area (Å²) >= 11 is 0. The Hall–Kier alpha value is -3.13. The lowest BCUT2D eigenvalue weighted by molar-refractivity contribution is -0.123. The summed E-state index contributed by atoms with van der Waals surface area (Å²) in [5.41, 5.74) is 3.49. The molecule has 0 fully saturated rings. The quantitative estimate of drug-likeness (QED) is 0.821. The summed E-state index contributed by atoms with van der Waals surface area (Å²) in [6.07, 6.45) is -0.947. The van der Waals surface area contributed by atoms with Crippen molar-refractivity contribution in [2.45, 2.75) is 39.7 Å². The lowest BCUT2D eigenvalue weighted by atomic mass is 9.98. The van der Waals surface area contributed by atoms with Gasteiger partial charge in [-0.15, -0.1) is 0 Å². The van der Waals surface area contributed by atoms with Crippen LogP contribution in [-0.4, -0.2) is 18.0 Å². The Morgan fingerprint density at radius 1 is 1.08 bits per heavy atom. The summed E-state index contributed by atoms with van der Waals surface area (Å²) < 4.78 is 5.25. The molecule has 0 saturated carbocycles. The summed E-state index contributed by atoms with van der Waals surface area (Å²) in [5, 5.41) is 11.7. The topological polar surface area (TPSA) is 79.2 Å². The third kappa shape index (κ3) is 4.48. The number of rotatable bonds is 5. The van der Waals surface area contributed by atoms with Crippen LogP contribution in [0.25, 0.3) is 0 Å². The minimum Gasteiger partial charge on any atom is -0.449 e. The van der Waals surface area contributed by atoms with E-state index in [4.69, 9.17) is 10.00 Å². The fraction of sp³-hybridized carbons (Fsp3) is 0.286. The number of hydrogen-bond acceptors (Lipinski definition) is 4. The summed E-state index contributed by atoms with van der Waals surface area (Å²) in [6, 6.07) is 13.9. The third-order valence-electron chi connectivity index (χ3n) is 4.08. The molecule has 0 spiro atoms. The van der Waals surface area contributed by atoms with Gasteiger partial charge in [-0.3, -0.25) is 4.79 Å². The van der Waals surface area contributed by atoms with Gasteiger partial charge in [-0.25, -0.2) is 4.79 Å².